The van der Waals surface area contributed by atoms with Gasteiger partial charge in [0.25, 0.3) is 0 Å². The third-order valence-corrected chi connectivity index (χ3v) is 5.23. The monoisotopic (exact) mass is 365 g/mol. The topological polar surface area (TPSA) is 46.6 Å². The van der Waals surface area contributed by atoms with Crippen molar-refractivity contribution < 1.29 is 9.47 Å². The number of rotatable bonds is 6. The van der Waals surface area contributed by atoms with E-state index in [0.717, 1.165) is 48.9 Å². The van der Waals surface area contributed by atoms with Crippen molar-refractivity contribution in [2.75, 3.05) is 33.4 Å². The second kappa shape index (κ2) is 8.55. The lowest BCUT2D eigenvalue weighted by molar-refractivity contribution is 0.183. The van der Waals surface area contributed by atoms with E-state index in [2.05, 4.69) is 39.5 Å². The summed E-state index contributed by atoms with van der Waals surface area (Å²) in [5.41, 5.74) is 3.52. The normalized spacial score (nSPS) is 19.7. The molecule has 0 saturated carbocycles. The molecule has 0 bridgehead atoms. The molecule has 1 atom stereocenters. The zero-order valence-electron chi connectivity index (χ0n) is 15.9. The molecule has 0 spiro atoms. The third-order valence-electron chi connectivity index (χ3n) is 5.23. The van der Waals surface area contributed by atoms with Crippen LogP contribution >= 0.6 is 0 Å². The molecule has 3 heterocycles. The van der Waals surface area contributed by atoms with Gasteiger partial charge in [0.05, 0.1) is 12.8 Å². The number of methoxy groups -OCH3 is 1. The molecule has 0 amide bonds. The Morgan fingerprint density at radius 2 is 2.22 bits per heavy atom. The molecule has 1 aromatic carbocycles. The summed E-state index contributed by atoms with van der Waals surface area (Å²) in [6.45, 7) is 4.62. The van der Waals surface area contributed by atoms with Crippen LogP contribution in [0.5, 0.6) is 11.5 Å². The molecule has 142 valence electrons. The van der Waals surface area contributed by atoms with Gasteiger partial charge in [0, 0.05) is 37.4 Å². The highest BCUT2D eigenvalue weighted by Crippen LogP contribution is 2.35. The van der Waals surface area contributed by atoms with Crippen molar-refractivity contribution in [3.63, 3.8) is 0 Å². The molecule has 5 nitrogen and oxygen atoms in total. The molecule has 5 heteroatoms. The second-order valence-electron chi connectivity index (χ2n) is 7.25. The largest absolute Gasteiger partial charge is 0.493 e. The first kappa shape index (κ1) is 18.0. The van der Waals surface area contributed by atoms with Crippen molar-refractivity contribution in [1.82, 2.24) is 15.2 Å². The first-order valence-electron chi connectivity index (χ1n) is 9.67. The van der Waals surface area contributed by atoms with Crippen molar-refractivity contribution in [1.29, 1.82) is 0 Å². The van der Waals surface area contributed by atoms with Gasteiger partial charge in [-0.1, -0.05) is 18.2 Å². The van der Waals surface area contributed by atoms with Crippen LogP contribution in [0.2, 0.25) is 0 Å². The Labute approximate surface area is 161 Å². The fourth-order valence-electron chi connectivity index (χ4n) is 3.85. The quantitative estimate of drug-likeness (QED) is 0.852. The number of para-hydroxylation sites is 1. The van der Waals surface area contributed by atoms with Crippen LogP contribution < -0.4 is 14.8 Å². The lowest BCUT2D eigenvalue weighted by Gasteiger charge is -2.33. The highest BCUT2D eigenvalue weighted by Gasteiger charge is 2.21. The number of nitrogens with zero attached hydrogens (tertiary/aromatic N) is 2. The van der Waals surface area contributed by atoms with Crippen LogP contribution in [0.15, 0.2) is 48.2 Å². The molecular formula is C22H27N3O2. The lowest BCUT2D eigenvalue weighted by Crippen LogP contribution is -2.46. The fourth-order valence-corrected chi connectivity index (χ4v) is 3.85. The van der Waals surface area contributed by atoms with Crippen LogP contribution in [0.3, 0.4) is 0 Å². The van der Waals surface area contributed by atoms with E-state index in [9.17, 15) is 0 Å². The third kappa shape index (κ3) is 4.49. The summed E-state index contributed by atoms with van der Waals surface area (Å²) in [7, 11) is 1.68. The van der Waals surface area contributed by atoms with Crippen LogP contribution in [-0.4, -0.2) is 49.3 Å². The van der Waals surface area contributed by atoms with Crippen LogP contribution in [-0.2, 0) is 6.54 Å². The van der Waals surface area contributed by atoms with E-state index >= 15 is 0 Å². The fraction of sp³-hybridized carbons (Fsp3) is 0.409. The predicted molar refractivity (Wildman–Crippen MR) is 107 cm³/mol. The van der Waals surface area contributed by atoms with Gasteiger partial charge in [0.15, 0.2) is 11.5 Å². The smallest absolute Gasteiger partial charge is 0.168 e. The predicted octanol–water partition coefficient (Wildman–Crippen LogP) is 3.12. The zero-order valence-corrected chi connectivity index (χ0v) is 15.9. The first-order chi connectivity index (χ1) is 13.3. The molecule has 0 radical (unpaired) electrons. The maximum Gasteiger partial charge on any atom is 0.168 e. The van der Waals surface area contributed by atoms with Gasteiger partial charge in [-0.3, -0.25) is 9.88 Å². The SMILES string of the molecule is COc1cccc2c1OCC(CN[C@@H]1CCCN(Cc3ccccn3)C1)=C2. The summed E-state index contributed by atoms with van der Waals surface area (Å²) in [4.78, 5) is 6.95. The van der Waals surface area contributed by atoms with Gasteiger partial charge in [0.2, 0.25) is 0 Å². The number of pyridine rings is 1. The summed E-state index contributed by atoms with van der Waals surface area (Å²) in [5.74, 6) is 1.65. The van der Waals surface area contributed by atoms with Gasteiger partial charge in [-0.25, -0.2) is 0 Å². The van der Waals surface area contributed by atoms with Gasteiger partial charge >= 0.3 is 0 Å². The molecule has 4 rings (SSSR count). The number of nitrogens with one attached hydrogen (secondary N) is 1. The average Bonchev–Trinajstić information content (AvgIpc) is 2.72. The highest BCUT2D eigenvalue weighted by atomic mass is 16.5. The van der Waals surface area contributed by atoms with E-state index in [1.54, 1.807) is 7.11 Å². The Bertz CT molecular complexity index is 791. The average molecular weight is 365 g/mol. The van der Waals surface area contributed by atoms with Gasteiger partial charge in [-0.15, -0.1) is 0 Å². The minimum Gasteiger partial charge on any atom is -0.493 e. The molecule has 2 aliphatic heterocycles. The van der Waals surface area contributed by atoms with E-state index in [1.165, 1.54) is 18.4 Å². The highest BCUT2D eigenvalue weighted by molar-refractivity contribution is 5.66. The number of benzene rings is 1. The number of piperidine rings is 1. The van der Waals surface area contributed by atoms with E-state index in [-0.39, 0.29) is 0 Å². The molecule has 2 aliphatic rings. The molecule has 1 aromatic heterocycles. The molecule has 2 aromatic rings. The Morgan fingerprint density at radius 1 is 1.26 bits per heavy atom. The number of hydrogen-bond donors (Lipinski definition) is 1. The molecule has 1 fully saturated rings. The molecule has 27 heavy (non-hydrogen) atoms. The van der Waals surface area contributed by atoms with Crippen molar-refractivity contribution in [3.05, 3.63) is 59.4 Å². The number of fused-ring (bicyclic) bond motifs is 1. The molecule has 1 saturated heterocycles. The van der Waals surface area contributed by atoms with Gasteiger partial charge < -0.3 is 14.8 Å². The Morgan fingerprint density at radius 3 is 3.07 bits per heavy atom. The summed E-state index contributed by atoms with van der Waals surface area (Å²) >= 11 is 0. The molecule has 0 aliphatic carbocycles. The van der Waals surface area contributed by atoms with Gasteiger partial charge in [-0.2, -0.15) is 0 Å². The van der Waals surface area contributed by atoms with Crippen molar-refractivity contribution in [2.45, 2.75) is 25.4 Å². The zero-order chi connectivity index (χ0) is 18.5. The number of aromatic nitrogens is 1. The molecule has 1 N–H and O–H groups in total. The van der Waals surface area contributed by atoms with Crippen LogP contribution in [0.25, 0.3) is 6.08 Å². The van der Waals surface area contributed by atoms with E-state index in [1.807, 2.05) is 24.4 Å². The minimum absolute atomic E-state index is 0.509. The van der Waals surface area contributed by atoms with Crippen molar-refractivity contribution in [2.24, 2.45) is 0 Å². The molecule has 0 unspecified atom stereocenters. The van der Waals surface area contributed by atoms with Crippen LogP contribution in [0, 0.1) is 0 Å². The van der Waals surface area contributed by atoms with Gasteiger partial charge in [0.1, 0.15) is 6.61 Å². The lowest BCUT2D eigenvalue weighted by atomic mass is 10.0. The van der Waals surface area contributed by atoms with Crippen molar-refractivity contribution >= 4 is 6.08 Å². The maximum absolute atomic E-state index is 5.95. The summed E-state index contributed by atoms with van der Waals surface area (Å²) in [6, 6.07) is 12.7. The minimum atomic E-state index is 0.509. The van der Waals surface area contributed by atoms with E-state index < -0.39 is 0 Å². The Hall–Kier alpha value is -2.37. The number of ether oxygens (including phenoxy) is 2. The summed E-state index contributed by atoms with van der Waals surface area (Å²) in [6.07, 6.45) is 6.54. The number of hydrogen-bond acceptors (Lipinski definition) is 5. The van der Waals surface area contributed by atoms with Crippen molar-refractivity contribution in [3.8, 4) is 11.5 Å². The van der Waals surface area contributed by atoms with Crippen LogP contribution in [0.1, 0.15) is 24.1 Å². The molecular weight excluding hydrogens is 338 g/mol. The Balaban J connectivity index is 1.32. The first-order valence-corrected chi connectivity index (χ1v) is 9.67. The number of likely N-dealkylation sites (tertiary alicyclic amines) is 1. The van der Waals surface area contributed by atoms with Crippen LogP contribution in [0.4, 0.5) is 0 Å². The summed E-state index contributed by atoms with van der Waals surface area (Å²) in [5, 5.41) is 3.72. The Kier molecular flexibility index (Phi) is 5.70. The standard InChI is InChI=1S/C22H27N3O2/c1-26-21-9-4-6-18-12-17(16-27-22(18)21)13-24-20-8-5-11-25(15-20)14-19-7-2-3-10-23-19/h2-4,6-7,9-10,12,20,24H,5,8,11,13-16H2,1H3/t20-/m1/s1. The van der Waals surface area contributed by atoms with E-state index in [4.69, 9.17) is 9.47 Å². The second-order valence-corrected chi connectivity index (χ2v) is 7.25. The van der Waals surface area contributed by atoms with Gasteiger partial charge in [-0.05, 0) is 49.2 Å². The summed E-state index contributed by atoms with van der Waals surface area (Å²) < 4.78 is 11.3. The van der Waals surface area contributed by atoms with E-state index in [0.29, 0.717) is 12.6 Å². The maximum atomic E-state index is 5.95.